The molecule has 5 aromatic rings. The molecule has 0 heterocycles. The molecule has 0 aliphatic carbocycles. The lowest BCUT2D eigenvalue weighted by Crippen LogP contribution is -2.22. The fourth-order valence-electron chi connectivity index (χ4n) is 5.06. The van der Waals surface area contributed by atoms with E-state index in [1.165, 1.54) is 38.2 Å². The zero-order chi connectivity index (χ0) is 26.2. The molecule has 0 saturated carbocycles. The van der Waals surface area contributed by atoms with E-state index in [2.05, 4.69) is 88.4 Å². The van der Waals surface area contributed by atoms with Crippen LogP contribution in [0.2, 0.25) is 0 Å². The van der Waals surface area contributed by atoms with Crippen molar-refractivity contribution < 1.29 is 4.21 Å². The number of rotatable bonds is 5. The average molecular weight is 522 g/mol. The average Bonchev–Trinajstić information content (AvgIpc) is 2.84. The van der Waals surface area contributed by atoms with Gasteiger partial charge in [0.2, 0.25) is 0 Å². The van der Waals surface area contributed by atoms with Crippen LogP contribution in [0.4, 0.5) is 5.69 Å². The Bertz CT molecular complexity index is 1640. The van der Waals surface area contributed by atoms with Gasteiger partial charge in [-0.25, -0.2) is 4.21 Å². The molecule has 5 rings (SSSR count). The second-order valence-electron chi connectivity index (χ2n) is 9.89. The topological polar surface area (TPSA) is 29.4 Å². The van der Waals surface area contributed by atoms with Crippen molar-refractivity contribution in [2.75, 3.05) is 6.26 Å². The lowest BCUT2D eigenvalue weighted by molar-refractivity contribution is 0.681. The van der Waals surface area contributed by atoms with E-state index < -0.39 is 17.7 Å². The van der Waals surface area contributed by atoms with Crippen LogP contribution >= 0.6 is 7.92 Å². The lowest BCUT2D eigenvalue weighted by Gasteiger charge is -2.23. The Labute approximate surface area is 222 Å². The van der Waals surface area contributed by atoms with Crippen molar-refractivity contribution in [1.29, 1.82) is 0 Å². The summed E-state index contributed by atoms with van der Waals surface area (Å²) in [7, 11) is -3.50. The van der Waals surface area contributed by atoms with Crippen molar-refractivity contribution in [1.82, 2.24) is 0 Å². The largest absolute Gasteiger partial charge is 0.245 e. The number of hydrogen-bond donors (Lipinski definition) is 0. The standard InChI is InChI=1S/C33H32NOPS/c1-23-17-24(2)20-28(19-23)36(29-21-25(3)18-26(4)22-29)32-16-10-12-27-11-9-15-31(33(27)32)34-37(5,35)30-13-7-6-8-14-30/h6-22H,1-5H3. The first-order chi connectivity index (χ1) is 17.7. The summed E-state index contributed by atoms with van der Waals surface area (Å²) in [6.45, 7) is 8.67. The Kier molecular flexibility index (Phi) is 7.03. The summed E-state index contributed by atoms with van der Waals surface area (Å²) in [4.78, 5) is 0.746. The van der Waals surface area contributed by atoms with E-state index >= 15 is 0 Å². The maximum atomic E-state index is 13.8. The van der Waals surface area contributed by atoms with Gasteiger partial charge in [0.05, 0.1) is 15.4 Å². The highest BCUT2D eigenvalue weighted by atomic mass is 32.2. The molecule has 0 N–H and O–H groups in total. The lowest BCUT2D eigenvalue weighted by atomic mass is 10.1. The first kappa shape index (κ1) is 25.4. The van der Waals surface area contributed by atoms with E-state index in [4.69, 9.17) is 4.36 Å². The summed E-state index contributed by atoms with van der Waals surface area (Å²) in [6.07, 6.45) is 1.74. The highest BCUT2D eigenvalue weighted by Crippen LogP contribution is 2.40. The molecule has 0 aromatic heterocycles. The first-order valence-corrected chi connectivity index (χ1v) is 15.7. The van der Waals surface area contributed by atoms with Gasteiger partial charge in [-0.05, 0) is 75.1 Å². The molecule has 0 aliphatic heterocycles. The molecule has 0 fully saturated rings. The van der Waals surface area contributed by atoms with Crippen LogP contribution < -0.4 is 15.9 Å². The first-order valence-electron chi connectivity index (χ1n) is 12.5. The molecular formula is C33H32NOPS. The van der Waals surface area contributed by atoms with Crippen LogP contribution in [0.5, 0.6) is 0 Å². The van der Waals surface area contributed by atoms with Crippen molar-refractivity contribution >= 4 is 50.0 Å². The second kappa shape index (κ2) is 10.2. The number of benzene rings is 5. The molecule has 4 heteroatoms. The van der Waals surface area contributed by atoms with Crippen molar-refractivity contribution in [3.05, 3.63) is 125 Å². The normalized spacial score (nSPS) is 13.0. The molecule has 1 unspecified atom stereocenters. The van der Waals surface area contributed by atoms with Crippen LogP contribution in [0.15, 0.2) is 112 Å². The second-order valence-corrected chi connectivity index (χ2v) is 14.3. The minimum absolute atomic E-state index is 0.746. The SMILES string of the molecule is Cc1cc(C)cc(P(c2cc(C)cc(C)c2)c2cccc3cccc(N=S(C)(=O)c4ccccc4)c23)c1. The number of fused-ring (bicyclic) bond motifs is 1. The maximum absolute atomic E-state index is 13.8. The van der Waals surface area contributed by atoms with E-state index in [9.17, 15) is 4.21 Å². The van der Waals surface area contributed by atoms with Crippen molar-refractivity contribution in [2.45, 2.75) is 32.6 Å². The monoisotopic (exact) mass is 521 g/mol. The number of nitrogens with zero attached hydrogens (tertiary/aromatic N) is 1. The third-order valence-corrected chi connectivity index (χ3v) is 10.6. The highest BCUT2D eigenvalue weighted by molar-refractivity contribution is 7.93. The van der Waals surface area contributed by atoms with Gasteiger partial charge < -0.3 is 0 Å². The molecule has 0 spiro atoms. The van der Waals surface area contributed by atoms with Gasteiger partial charge in [0.15, 0.2) is 0 Å². The Morgan fingerprint density at radius 1 is 0.622 bits per heavy atom. The van der Waals surface area contributed by atoms with Crippen molar-refractivity contribution in [3.8, 4) is 0 Å². The highest BCUT2D eigenvalue weighted by Gasteiger charge is 2.22. The van der Waals surface area contributed by atoms with Gasteiger partial charge in [0.1, 0.15) is 0 Å². The summed E-state index contributed by atoms with van der Waals surface area (Å²) in [5, 5.41) is 6.08. The molecule has 0 bridgehead atoms. The van der Waals surface area contributed by atoms with Crippen LogP contribution in [0.25, 0.3) is 10.8 Å². The minimum atomic E-state index is -2.62. The van der Waals surface area contributed by atoms with Gasteiger partial charge in [-0.1, -0.05) is 107 Å². The van der Waals surface area contributed by atoms with Crippen molar-refractivity contribution in [3.63, 3.8) is 0 Å². The van der Waals surface area contributed by atoms with E-state index in [0.717, 1.165) is 21.4 Å². The van der Waals surface area contributed by atoms with Gasteiger partial charge in [0, 0.05) is 16.5 Å². The molecule has 1 atom stereocenters. The predicted molar refractivity (Wildman–Crippen MR) is 162 cm³/mol. The van der Waals surface area contributed by atoms with Gasteiger partial charge in [0.25, 0.3) is 0 Å². The van der Waals surface area contributed by atoms with E-state index in [0.29, 0.717) is 0 Å². The Balaban J connectivity index is 1.84. The smallest absolute Gasteiger partial charge is 0.0818 e. The van der Waals surface area contributed by atoms with Crippen LogP contribution in [0.1, 0.15) is 22.3 Å². The van der Waals surface area contributed by atoms with Gasteiger partial charge in [-0.2, -0.15) is 4.36 Å². The van der Waals surface area contributed by atoms with Gasteiger partial charge >= 0.3 is 0 Å². The summed E-state index contributed by atoms with van der Waals surface area (Å²) in [5.74, 6) is 0. The van der Waals surface area contributed by atoms with Crippen LogP contribution in [-0.4, -0.2) is 10.5 Å². The zero-order valence-electron chi connectivity index (χ0n) is 22.0. The zero-order valence-corrected chi connectivity index (χ0v) is 23.7. The quantitative estimate of drug-likeness (QED) is 0.219. The molecule has 0 radical (unpaired) electrons. The van der Waals surface area contributed by atoms with Gasteiger partial charge in [-0.15, -0.1) is 0 Å². The molecule has 0 saturated heterocycles. The Morgan fingerprint density at radius 2 is 1.14 bits per heavy atom. The molecule has 186 valence electrons. The fourth-order valence-corrected chi connectivity index (χ4v) is 9.25. The minimum Gasteiger partial charge on any atom is -0.245 e. The third kappa shape index (κ3) is 5.39. The maximum Gasteiger partial charge on any atom is 0.0818 e. The fraction of sp³-hybridized carbons (Fsp3) is 0.152. The molecular weight excluding hydrogens is 489 g/mol. The van der Waals surface area contributed by atoms with Crippen LogP contribution in [-0.2, 0) is 9.73 Å². The molecule has 2 nitrogen and oxygen atoms in total. The molecule has 37 heavy (non-hydrogen) atoms. The Morgan fingerprint density at radius 3 is 1.68 bits per heavy atom. The summed E-state index contributed by atoms with van der Waals surface area (Å²) in [6, 6.07) is 36.0. The molecule has 0 amide bonds. The molecule has 0 aliphatic rings. The Hall–Kier alpha value is -3.26. The number of hydrogen-bond acceptors (Lipinski definition) is 2. The van der Waals surface area contributed by atoms with Crippen LogP contribution in [0, 0.1) is 27.7 Å². The van der Waals surface area contributed by atoms with E-state index in [-0.39, 0.29) is 0 Å². The number of aryl methyl sites for hydroxylation is 4. The predicted octanol–water partition coefficient (Wildman–Crippen LogP) is 7.62. The van der Waals surface area contributed by atoms with Crippen molar-refractivity contribution in [2.24, 2.45) is 4.36 Å². The van der Waals surface area contributed by atoms with E-state index in [1.54, 1.807) is 6.26 Å². The van der Waals surface area contributed by atoms with E-state index in [1.807, 2.05) is 42.5 Å². The van der Waals surface area contributed by atoms with Crippen LogP contribution in [0.3, 0.4) is 0 Å². The summed E-state index contributed by atoms with van der Waals surface area (Å²) in [5.41, 5.74) is 5.83. The third-order valence-electron chi connectivity index (χ3n) is 6.48. The molecule has 5 aromatic carbocycles. The summed E-state index contributed by atoms with van der Waals surface area (Å²) < 4.78 is 18.8. The van der Waals surface area contributed by atoms with Gasteiger partial charge in [-0.3, -0.25) is 0 Å². The summed E-state index contributed by atoms with van der Waals surface area (Å²) >= 11 is 0.